The Bertz CT molecular complexity index is 833. The number of thiocarbonyl (C=S) groups is 1. The molecule has 0 aliphatic carbocycles. The number of hydrazine groups is 1. The number of anilines is 1. The van der Waals surface area contributed by atoms with Crippen LogP contribution in [-0.4, -0.2) is 17.1 Å². The quantitative estimate of drug-likeness (QED) is 0.528. The van der Waals surface area contributed by atoms with Crippen molar-refractivity contribution in [3.05, 3.63) is 58.1 Å². The second-order valence-electron chi connectivity index (χ2n) is 5.12. The van der Waals surface area contributed by atoms with Crippen LogP contribution >= 0.6 is 35.4 Å². The molecule has 0 saturated heterocycles. The van der Waals surface area contributed by atoms with Crippen LogP contribution in [0.3, 0.4) is 0 Å². The summed E-state index contributed by atoms with van der Waals surface area (Å²) in [5.41, 5.74) is 6.09. The molecular formula is C17H14Cl2N4O2S. The van der Waals surface area contributed by atoms with Crippen molar-refractivity contribution in [2.24, 2.45) is 0 Å². The fourth-order valence-corrected chi connectivity index (χ4v) is 2.57. The maximum absolute atomic E-state index is 12.1. The molecule has 2 rings (SSSR count). The highest BCUT2D eigenvalue weighted by molar-refractivity contribution is 7.80. The highest BCUT2D eigenvalue weighted by Crippen LogP contribution is 2.22. The molecule has 0 aliphatic rings. The molecule has 134 valence electrons. The van der Waals surface area contributed by atoms with Crippen molar-refractivity contribution in [3.63, 3.8) is 0 Å². The van der Waals surface area contributed by atoms with Crippen LogP contribution in [0.25, 0.3) is 0 Å². The Kier molecular flexibility index (Phi) is 7.04. The molecule has 0 heterocycles. The summed E-state index contributed by atoms with van der Waals surface area (Å²) < 4.78 is 5.50. The minimum absolute atomic E-state index is 0.155. The summed E-state index contributed by atoms with van der Waals surface area (Å²) in [5.74, 6) is 0.0450. The Morgan fingerprint density at radius 1 is 1.15 bits per heavy atom. The number of nitrogens with zero attached hydrogens (tertiary/aromatic N) is 1. The van der Waals surface area contributed by atoms with Gasteiger partial charge >= 0.3 is 0 Å². The number of carbonyl (C=O) groups excluding carboxylic acids is 1. The Balaban J connectivity index is 1.82. The number of amides is 1. The predicted molar refractivity (Wildman–Crippen MR) is 105 cm³/mol. The van der Waals surface area contributed by atoms with Crippen molar-refractivity contribution in [1.82, 2.24) is 10.9 Å². The van der Waals surface area contributed by atoms with E-state index in [2.05, 4.69) is 16.2 Å². The molecule has 3 N–H and O–H groups in total. The first-order valence-electron chi connectivity index (χ1n) is 7.37. The molecule has 0 radical (unpaired) electrons. The topological polar surface area (TPSA) is 86.2 Å². The van der Waals surface area contributed by atoms with Crippen molar-refractivity contribution in [2.45, 2.75) is 13.0 Å². The van der Waals surface area contributed by atoms with Crippen molar-refractivity contribution in [3.8, 4) is 11.8 Å². The number of hydrogen-bond donors (Lipinski definition) is 3. The van der Waals surface area contributed by atoms with Gasteiger partial charge in [0.15, 0.2) is 11.2 Å². The Labute approximate surface area is 166 Å². The van der Waals surface area contributed by atoms with Crippen LogP contribution in [-0.2, 0) is 4.79 Å². The smallest absolute Gasteiger partial charge is 0.279 e. The lowest BCUT2D eigenvalue weighted by Gasteiger charge is -2.16. The minimum atomic E-state index is -0.779. The van der Waals surface area contributed by atoms with Gasteiger partial charge in [0.1, 0.15) is 5.75 Å². The van der Waals surface area contributed by atoms with E-state index in [0.717, 1.165) is 0 Å². The monoisotopic (exact) mass is 408 g/mol. The van der Waals surface area contributed by atoms with Crippen LogP contribution in [0.5, 0.6) is 5.75 Å². The van der Waals surface area contributed by atoms with Crippen LogP contribution < -0.4 is 20.9 Å². The molecule has 0 bridgehead atoms. The molecule has 2 aromatic carbocycles. The van der Waals surface area contributed by atoms with Crippen molar-refractivity contribution >= 4 is 52.1 Å². The number of ether oxygens (including phenoxy) is 1. The van der Waals surface area contributed by atoms with E-state index in [4.69, 9.17) is 45.4 Å². The highest BCUT2D eigenvalue weighted by Gasteiger charge is 2.15. The van der Waals surface area contributed by atoms with E-state index in [0.29, 0.717) is 27.0 Å². The van der Waals surface area contributed by atoms with E-state index in [-0.39, 0.29) is 5.11 Å². The fraction of sp³-hybridized carbons (Fsp3) is 0.118. The van der Waals surface area contributed by atoms with Gasteiger partial charge in [-0.25, -0.2) is 0 Å². The number of carbonyl (C=O) groups is 1. The van der Waals surface area contributed by atoms with Gasteiger partial charge in [0, 0.05) is 15.7 Å². The zero-order valence-electron chi connectivity index (χ0n) is 13.5. The Hall–Kier alpha value is -2.53. The zero-order chi connectivity index (χ0) is 19.1. The van der Waals surface area contributed by atoms with Crippen LogP contribution in [0.4, 0.5) is 5.69 Å². The van der Waals surface area contributed by atoms with Gasteiger partial charge in [-0.3, -0.25) is 15.6 Å². The van der Waals surface area contributed by atoms with E-state index in [1.54, 1.807) is 49.4 Å². The first kappa shape index (κ1) is 19.8. The molecule has 9 heteroatoms. The maximum Gasteiger partial charge on any atom is 0.279 e. The van der Waals surface area contributed by atoms with Gasteiger partial charge < -0.3 is 10.1 Å². The minimum Gasteiger partial charge on any atom is -0.481 e. The first-order chi connectivity index (χ1) is 12.4. The van der Waals surface area contributed by atoms with Gasteiger partial charge in [0.2, 0.25) is 0 Å². The maximum atomic E-state index is 12.1. The number of rotatable bonds is 4. The van der Waals surface area contributed by atoms with Gasteiger partial charge in [-0.1, -0.05) is 23.2 Å². The summed E-state index contributed by atoms with van der Waals surface area (Å²) in [4.78, 5) is 12.1. The van der Waals surface area contributed by atoms with E-state index >= 15 is 0 Å². The number of halogens is 2. The molecule has 0 unspecified atom stereocenters. The average molecular weight is 409 g/mol. The van der Waals surface area contributed by atoms with Crippen molar-refractivity contribution < 1.29 is 9.53 Å². The molecular weight excluding hydrogens is 395 g/mol. The molecule has 0 fully saturated rings. The second kappa shape index (κ2) is 9.25. The van der Waals surface area contributed by atoms with Crippen LogP contribution in [0, 0.1) is 11.3 Å². The number of nitriles is 1. The molecule has 6 nitrogen and oxygen atoms in total. The van der Waals surface area contributed by atoms with E-state index in [1.807, 2.05) is 6.07 Å². The first-order valence-corrected chi connectivity index (χ1v) is 8.53. The van der Waals surface area contributed by atoms with Crippen molar-refractivity contribution in [2.75, 3.05) is 5.32 Å². The summed E-state index contributed by atoms with van der Waals surface area (Å²) in [7, 11) is 0. The molecule has 2 aromatic rings. The van der Waals surface area contributed by atoms with Crippen LogP contribution in [0.15, 0.2) is 42.5 Å². The molecule has 26 heavy (non-hydrogen) atoms. The standard InChI is InChI=1S/C17H14Cl2N4O2S/c1-10(25-15-4-2-11(9-20)3-5-15)16(24)22-23-17(26)21-14-7-12(18)6-13(19)8-14/h2-8,10H,1H3,(H,22,24)(H2,21,23,26)/t10-/m1/s1. The predicted octanol–water partition coefficient (Wildman–Crippen LogP) is 3.65. The molecule has 0 aromatic heterocycles. The fourth-order valence-electron chi connectivity index (χ4n) is 1.87. The lowest BCUT2D eigenvalue weighted by molar-refractivity contribution is -0.127. The lowest BCUT2D eigenvalue weighted by Crippen LogP contribution is -2.48. The summed E-state index contributed by atoms with van der Waals surface area (Å²) in [6, 6.07) is 13.3. The molecule has 1 atom stereocenters. The molecule has 1 amide bonds. The second-order valence-corrected chi connectivity index (χ2v) is 6.40. The average Bonchev–Trinajstić information content (AvgIpc) is 2.59. The normalized spacial score (nSPS) is 11.0. The van der Waals surface area contributed by atoms with E-state index in [1.165, 1.54) is 0 Å². The van der Waals surface area contributed by atoms with Crippen LogP contribution in [0.1, 0.15) is 12.5 Å². The largest absolute Gasteiger partial charge is 0.481 e. The van der Waals surface area contributed by atoms with Gasteiger partial charge in [-0.2, -0.15) is 5.26 Å². The van der Waals surface area contributed by atoms with E-state index < -0.39 is 12.0 Å². The molecule has 0 spiro atoms. The highest BCUT2D eigenvalue weighted by atomic mass is 35.5. The van der Waals surface area contributed by atoms with Crippen LogP contribution in [0.2, 0.25) is 10.0 Å². The van der Waals surface area contributed by atoms with Gasteiger partial charge in [0.05, 0.1) is 11.6 Å². The lowest BCUT2D eigenvalue weighted by atomic mass is 10.2. The van der Waals surface area contributed by atoms with Gasteiger partial charge in [-0.15, -0.1) is 0 Å². The third kappa shape index (κ3) is 6.08. The SMILES string of the molecule is C[C@@H](Oc1ccc(C#N)cc1)C(=O)NNC(=S)Nc1cc(Cl)cc(Cl)c1. The molecule has 0 aliphatic heterocycles. The van der Waals surface area contributed by atoms with Gasteiger partial charge in [-0.05, 0) is 61.6 Å². The Morgan fingerprint density at radius 3 is 2.35 bits per heavy atom. The number of benzene rings is 2. The Morgan fingerprint density at radius 2 is 1.77 bits per heavy atom. The molecule has 0 saturated carbocycles. The summed E-state index contributed by atoms with van der Waals surface area (Å²) >= 11 is 16.9. The summed E-state index contributed by atoms with van der Waals surface area (Å²) in [6.07, 6.45) is -0.779. The van der Waals surface area contributed by atoms with Gasteiger partial charge in [0.25, 0.3) is 5.91 Å². The third-order valence-corrected chi connectivity index (χ3v) is 3.73. The number of nitrogens with one attached hydrogen (secondary N) is 3. The third-order valence-electron chi connectivity index (χ3n) is 3.09. The number of hydrogen-bond acceptors (Lipinski definition) is 4. The summed E-state index contributed by atoms with van der Waals surface area (Å²) in [5, 5.41) is 12.7. The summed E-state index contributed by atoms with van der Waals surface area (Å²) in [6.45, 7) is 1.59. The van der Waals surface area contributed by atoms with Crippen molar-refractivity contribution in [1.29, 1.82) is 5.26 Å². The zero-order valence-corrected chi connectivity index (χ0v) is 15.9. The van der Waals surface area contributed by atoms with E-state index in [9.17, 15) is 4.79 Å².